The van der Waals surface area contributed by atoms with E-state index in [9.17, 15) is 10.1 Å². The monoisotopic (exact) mass is 329 g/mol. The highest BCUT2D eigenvalue weighted by molar-refractivity contribution is 7.12. The molecule has 1 heterocycles. The van der Waals surface area contributed by atoms with Crippen molar-refractivity contribution < 1.29 is 4.79 Å². The SMILES string of the molecule is N#CC(C(=O)c1sccc1Cl)c1ccc(Cl)c(Cl)c1. The fraction of sp³-hybridized carbons (Fsp3) is 0.0769. The quantitative estimate of drug-likeness (QED) is 0.726. The maximum Gasteiger partial charge on any atom is 0.195 e. The summed E-state index contributed by atoms with van der Waals surface area (Å²) < 4.78 is 0. The molecule has 96 valence electrons. The Morgan fingerprint density at radius 2 is 1.89 bits per heavy atom. The first kappa shape index (κ1) is 14.4. The van der Waals surface area contributed by atoms with Crippen molar-refractivity contribution in [1.29, 1.82) is 5.26 Å². The summed E-state index contributed by atoms with van der Waals surface area (Å²) in [4.78, 5) is 12.7. The standard InChI is InChI=1S/C13H6Cl3NOS/c14-9-2-1-7(5-11(9)16)8(6-17)12(18)13-10(15)3-4-19-13/h1-5,8H. The molecule has 0 bridgehead atoms. The second-order valence-corrected chi connectivity index (χ2v) is 5.84. The Balaban J connectivity index is 2.41. The number of nitriles is 1. The molecule has 0 saturated heterocycles. The third kappa shape index (κ3) is 2.93. The largest absolute Gasteiger partial charge is 0.291 e. The Kier molecular flexibility index (Phi) is 4.49. The highest BCUT2D eigenvalue weighted by Crippen LogP contribution is 2.31. The van der Waals surface area contributed by atoms with Crippen LogP contribution >= 0.6 is 46.1 Å². The summed E-state index contributed by atoms with van der Waals surface area (Å²) in [7, 11) is 0. The third-order valence-electron chi connectivity index (χ3n) is 2.51. The van der Waals surface area contributed by atoms with Crippen molar-refractivity contribution in [3.63, 3.8) is 0 Å². The first-order chi connectivity index (χ1) is 9.04. The first-order valence-electron chi connectivity index (χ1n) is 5.16. The first-order valence-corrected chi connectivity index (χ1v) is 7.17. The Morgan fingerprint density at radius 3 is 2.42 bits per heavy atom. The lowest BCUT2D eigenvalue weighted by atomic mass is 9.95. The van der Waals surface area contributed by atoms with E-state index in [0.29, 0.717) is 25.5 Å². The molecule has 2 nitrogen and oxygen atoms in total. The van der Waals surface area contributed by atoms with Crippen LogP contribution in [-0.4, -0.2) is 5.78 Å². The number of rotatable bonds is 3. The Labute approximate surface area is 129 Å². The smallest absolute Gasteiger partial charge is 0.195 e. The Hall–Kier alpha value is -1.05. The minimum absolute atomic E-state index is 0.310. The van der Waals surface area contributed by atoms with Crippen molar-refractivity contribution >= 4 is 51.9 Å². The molecule has 0 N–H and O–H groups in total. The maximum absolute atomic E-state index is 12.3. The second-order valence-electron chi connectivity index (χ2n) is 3.70. The van der Waals surface area contributed by atoms with Crippen LogP contribution in [0.2, 0.25) is 15.1 Å². The van der Waals surface area contributed by atoms with E-state index in [2.05, 4.69) is 0 Å². The molecule has 0 spiro atoms. The summed E-state index contributed by atoms with van der Waals surface area (Å²) >= 11 is 18.8. The van der Waals surface area contributed by atoms with Gasteiger partial charge in [-0.25, -0.2) is 0 Å². The number of nitrogens with zero attached hydrogens (tertiary/aromatic N) is 1. The molecule has 1 aromatic heterocycles. The lowest BCUT2D eigenvalue weighted by Gasteiger charge is -2.08. The summed E-state index contributed by atoms with van der Waals surface area (Å²) in [5.41, 5.74) is 0.506. The van der Waals surface area contributed by atoms with Gasteiger partial charge < -0.3 is 0 Å². The average Bonchev–Trinajstić information content (AvgIpc) is 2.80. The molecule has 0 fully saturated rings. The van der Waals surface area contributed by atoms with Crippen LogP contribution < -0.4 is 0 Å². The Morgan fingerprint density at radius 1 is 1.16 bits per heavy atom. The number of hydrogen-bond acceptors (Lipinski definition) is 3. The van der Waals surface area contributed by atoms with Crippen LogP contribution in [0.1, 0.15) is 21.2 Å². The number of halogens is 3. The van der Waals surface area contributed by atoms with Crippen molar-refractivity contribution in [1.82, 2.24) is 0 Å². The molecule has 0 radical (unpaired) electrons. The van der Waals surface area contributed by atoms with Crippen molar-refractivity contribution in [3.05, 3.63) is 55.2 Å². The van der Waals surface area contributed by atoms with E-state index in [1.807, 2.05) is 6.07 Å². The van der Waals surface area contributed by atoms with Gasteiger partial charge in [0.15, 0.2) is 5.78 Å². The van der Waals surface area contributed by atoms with Crippen LogP contribution in [-0.2, 0) is 0 Å². The van der Waals surface area contributed by atoms with E-state index in [1.54, 1.807) is 23.6 Å². The minimum atomic E-state index is -0.939. The maximum atomic E-state index is 12.3. The summed E-state index contributed by atoms with van der Waals surface area (Å²) in [6, 6.07) is 8.30. The molecule has 1 aromatic carbocycles. The predicted molar refractivity (Wildman–Crippen MR) is 78.5 cm³/mol. The lowest BCUT2D eigenvalue weighted by molar-refractivity contribution is 0.0983. The van der Waals surface area contributed by atoms with Gasteiger partial charge in [-0.2, -0.15) is 5.26 Å². The van der Waals surface area contributed by atoms with Gasteiger partial charge in [0.25, 0.3) is 0 Å². The molecule has 1 unspecified atom stereocenters. The lowest BCUT2D eigenvalue weighted by Crippen LogP contribution is -2.10. The molecular weight excluding hydrogens is 325 g/mol. The van der Waals surface area contributed by atoms with E-state index in [1.165, 1.54) is 17.4 Å². The number of Topliss-reactive ketones (excluding diaryl/α,β-unsaturated/α-hetero) is 1. The summed E-state index contributed by atoms with van der Waals surface area (Å²) in [5, 5.41) is 12.0. The van der Waals surface area contributed by atoms with Gasteiger partial charge in [0.1, 0.15) is 5.92 Å². The van der Waals surface area contributed by atoms with Crippen molar-refractivity contribution in [3.8, 4) is 6.07 Å². The fourth-order valence-electron chi connectivity index (χ4n) is 1.58. The highest BCUT2D eigenvalue weighted by Gasteiger charge is 2.25. The second kappa shape index (κ2) is 5.94. The average molecular weight is 331 g/mol. The molecule has 2 aromatic rings. The van der Waals surface area contributed by atoms with E-state index < -0.39 is 5.92 Å². The molecule has 1 atom stereocenters. The van der Waals surface area contributed by atoms with E-state index in [4.69, 9.17) is 34.8 Å². The molecule has 6 heteroatoms. The van der Waals surface area contributed by atoms with Crippen molar-refractivity contribution in [2.24, 2.45) is 0 Å². The van der Waals surface area contributed by atoms with Gasteiger partial charge in [0, 0.05) is 0 Å². The molecule has 19 heavy (non-hydrogen) atoms. The van der Waals surface area contributed by atoms with Gasteiger partial charge in [-0.05, 0) is 29.1 Å². The Bertz CT molecular complexity index is 675. The normalized spacial score (nSPS) is 11.9. The van der Waals surface area contributed by atoms with Crippen LogP contribution in [0.3, 0.4) is 0 Å². The topological polar surface area (TPSA) is 40.9 Å². The van der Waals surface area contributed by atoms with Crippen LogP contribution in [0.5, 0.6) is 0 Å². The number of carbonyl (C=O) groups excluding carboxylic acids is 1. The molecule has 0 saturated carbocycles. The fourth-order valence-corrected chi connectivity index (χ4v) is 3.00. The number of thiophene rings is 1. The number of ketones is 1. The summed E-state index contributed by atoms with van der Waals surface area (Å²) in [5.74, 6) is -1.27. The number of benzene rings is 1. The third-order valence-corrected chi connectivity index (χ3v) is 4.60. The highest BCUT2D eigenvalue weighted by atomic mass is 35.5. The van der Waals surface area contributed by atoms with E-state index in [-0.39, 0.29) is 5.78 Å². The van der Waals surface area contributed by atoms with Gasteiger partial charge in [0.2, 0.25) is 0 Å². The van der Waals surface area contributed by atoms with Gasteiger partial charge in [-0.1, -0.05) is 40.9 Å². The molecule has 0 aliphatic heterocycles. The molecule has 2 rings (SSSR count). The van der Waals surface area contributed by atoms with Crippen LogP contribution in [0.25, 0.3) is 0 Å². The zero-order valence-electron chi connectivity index (χ0n) is 9.36. The number of carbonyl (C=O) groups is 1. The van der Waals surface area contributed by atoms with Gasteiger partial charge in [-0.15, -0.1) is 11.3 Å². The van der Waals surface area contributed by atoms with Crippen LogP contribution in [0, 0.1) is 11.3 Å². The predicted octanol–water partition coefficient (Wildman–Crippen LogP) is 5.20. The van der Waals surface area contributed by atoms with Crippen molar-refractivity contribution in [2.45, 2.75) is 5.92 Å². The molecular formula is C13H6Cl3NOS. The van der Waals surface area contributed by atoms with Crippen molar-refractivity contribution in [2.75, 3.05) is 0 Å². The van der Waals surface area contributed by atoms with Gasteiger partial charge >= 0.3 is 0 Å². The molecule has 0 amide bonds. The van der Waals surface area contributed by atoms with Gasteiger partial charge in [0.05, 0.1) is 26.0 Å². The zero-order chi connectivity index (χ0) is 14.0. The summed E-state index contributed by atoms with van der Waals surface area (Å²) in [6.07, 6.45) is 0. The molecule has 0 aliphatic rings. The number of hydrogen-bond donors (Lipinski definition) is 0. The van der Waals surface area contributed by atoms with Crippen LogP contribution in [0.15, 0.2) is 29.6 Å². The zero-order valence-corrected chi connectivity index (χ0v) is 12.4. The van der Waals surface area contributed by atoms with E-state index in [0.717, 1.165) is 0 Å². The minimum Gasteiger partial charge on any atom is -0.291 e. The van der Waals surface area contributed by atoms with Crippen LogP contribution in [0.4, 0.5) is 0 Å². The summed E-state index contributed by atoms with van der Waals surface area (Å²) in [6.45, 7) is 0. The van der Waals surface area contributed by atoms with Gasteiger partial charge in [-0.3, -0.25) is 4.79 Å². The van der Waals surface area contributed by atoms with E-state index >= 15 is 0 Å². The molecule has 0 aliphatic carbocycles.